The van der Waals surface area contributed by atoms with Crippen LogP contribution in [-0.2, 0) is 11.2 Å². The molecule has 0 unspecified atom stereocenters. The zero-order valence-corrected chi connectivity index (χ0v) is 21.7. The summed E-state index contributed by atoms with van der Waals surface area (Å²) in [4.78, 5) is 17.7. The minimum atomic E-state index is -4.45. The molecule has 0 saturated carbocycles. The van der Waals surface area contributed by atoms with Crippen LogP contribution < -0.4 is 15.4 Å². The predicted molar refractivity (Wildman–Crippen MR) is 139 cm³/mol. The SMILES string of the molecule is COC(=O)c1ccc(NCC#Cc2cc3c(N[C@@H]4CCN(C)C[C@@H]4F)cccn3c2CC(F)(F)F)c(OC)n1. The number of rotatable bonds is 7. The molecule has 0 bridgehead atoms. The van der Waals surface area contributed by atoms with E-state index in [0.717, 1.165) is 6.54 Å². The van der Waals surface area contributed by atoms with Gasteiger partial charge in [0.25, 0.3) is 0 Å². The van der Waals surface area contributed by atoms with E-state index in [1.165, 1.54) is 24.7 Å². The van der Waals surface area contributed by atoms with Gasteiger partial charge in [0.1, 0.15) is 6.17 Å². The van der Waals surface area contributed by atoms with Crippen molar-refractivity contribution in [2.24, 2.45) is 0 Å². The van der Waals surface area contributed by atoms with Gasteiger partial charge in [-0.1, -0.05) is 11.8 Å². The van der Waals surface area contributed by atoms with Crippen LogP contribution in [0, 0.1) is 11.8 Å². The van der Waals surface area contributed by atoms with Gasteiger partial charge in [-0.3, -0.25) is 0 Å². The molecule has 2 atom stereocenters. The first kappa shape index (κ1) is 28.0. The maximum atomic E-state index is 14.6. The molecule has 208 valence electrons. The van der Waals surface area contributed by atoms with E-state index >= 15 is 0 Å². The van der Waals surface area contributed by atoms with Crippen LogP contribution in [0.5, 0.6) is 5.88 Å². The van der Waals surface area contributed by atoms with Gasteiger partial charge in [-0.15, -0.1) is 0 Å². The molecule has 1 aliphatic rings. The summed E-state index contributed by atoms with van der Waals surface area (Å²) in [6.45, 7) is 1.07. The van der Waals surface area contributed by atoms with Crippen LogP contribution in [0.4, 0.5) is 28.9 Å². The number of anilines is 2. The Kier molecular flexibility index (Phi) is 8.50. The van der Waals surface area contributed by atoms with E-state index in [4.69, 9.17) is 4.74 Å². The maximum Gasteiger partial charge on any atom is 0.394 e. The highest BCUT2D eigenvalue weighted by Gasteiger charge is 2.32. The summed E-state index contributed by atoms with van der Waals surface area (Å²) < 4.78 is 66.4. The zero-order chi connectivity index (χ0) is 28.2. The summed E-state index contributed by atoms with van der Waals surface area (Å²) in [5.74, 6) is 5.21. The lowest BCUT2D eigenvalue weighted by Gasteiger charge is -2.33. The molecule has 0 spiro atoms. The third-order valence-electron chi connectivity index (χ3n) is 6.41. The molecule has 0 aromatic carbocycles. The number of halogens is 4. The second-order valence-electron chi connectivity index (χ2n) is 9.19. The highest BCUT2D eigenvalue weighted by molar-refractivity contribution is 5.87. The van der Waals surface area contributed by atoms with Crippen molar-refractivity contribution in [2.45, 2.75) is 31.2 Å². The lowest BCUT2D eigenvalue weighted by molar-refractivity contribution is -0.128. The largest absolute Gasteiger partial charge is 0.480 e. The maximum absolute atomic E-state index is 14.6. The lowest BCUT2D eigenvalue weighted by atomic mass is 10.0. The van der Waals surface area contributed by atoms with Gasteiger partial charge in [0.2, 0.25) is 5.88 Å². The molecular weight excluding hydrogens is 518 g/mol. The predicted octanol–water partition coefficient (Wildman–Crippen LogP) is 4.15. The van der Waals surface area contributed by atoms with Gasteiger partial charge in [0.15, 0.2) is 5.69 Å². The van der Waals surface area contributed by atoms with E-state index in [0.29, 0.717) is 23.3 Å². The van der Waals surface area contributed by atoms with Crippen molar-refractivity contribution in [1.29, 1.82) is 0 Å². The Hall–Kier alpha value is -3.98. The first-order valence-electron chi connectivity index (χ1n) is 12.2. The Morgan fingerprint density at radius 1 is 1.23 bits per heavy atom. The fourth-order valence-electron chi connectivity index (χ4n) is 4.50. The minimum Gasteiger partial charge on any atom is -0.480 e. The van der Waals surface area contributed by atoms with Crippen LogP contribution >= 0.6 is 0 Å². The smallest absolute Gasteiger partial charge is 0.394 e. The van der Waals surface area contributed by atoms with Crippen LogP contribution in [0.2, 0.25) is 0 Å². The third kappa shape index (κ3) is 6.72. The van der Waals surface area contributed by atoms with E-state index in [-0.39, 0.29) is 35.9 Å². The van der Waals surface area contributed by atoms with Crippen molar-refractivity contribution in [1.82, 2.24) is 14.3 Å². The van der Waals surface area contributed by atoms with E-state index in [9.17, 15) is 22.4 Å². The van der Waals surface area contributed by atoms with Crippen molar-refractivity contribution < 1.29 is 31.8 Å². The number of ether oxygens (including phenoxy) is 2. The number of carbonyl (C=O) groups is 1. The summed E-state index contributed by atoms with van der Waals surface area (Å²) >= 11 is 0. The number of alkyl halides is 4. The number of hydrogen-bond acceptors (Lipinski definition) is 7. The van der Waals surface area contributed by atoms with E-state index < -0.39 is 30.8 Å². The third-order valence-corrected chi connectivity index (χ3v) is 6.41. The number of nitrogens with one attached hydrogen (secondary N) is 2. The van der Waals surface area contributed by atoms with Crippen molar-refractivity contribution in [3.63, 3.8) is 0 Å². The fraction of sp³-hybridized carbons (Fsp3) is 0.407. The van der Waals surface area contributed by atoms with Gasteiger partial charge < -0.3 is 29.4 Å². The zero-order valence-electron chi connectivity index (χ0n) is 21.7. The average molecular weight is 548 g/mol. The Bertz CT molecular complexity index is 1400. The molecule has 4 heterocycles. The molecule has 8 nitrogen and oxygen atoms in total. The second-order valence-corrected chi connectivity index (χ2v) is 9.19. The Labute approximate surface area is 223 Å². The van der Waals surface area contributed by atoms with Gasteiger partial charge in [-0.25, -0.2) is 14.2 Å². The standard InChI is InChI=1S/C27H29F4N5O3/c1-35-13-10-19(18(28)16-35)33-20-7-5-12-36-23(20)14-17(24(36)15-27(29,30)31)6-4-11-32-21-8-9-22(26(37)39-3)34-25(21)38-2/h5,7-9,12,14,18-19,32-33H,10-11,13,15-16H2,1-3H3/t18-,19+/m0/s1. The van der Waals surface area contributed by atoms with Crippen molar-refractivity contribution in [3.8, 4) is 17.7 Å². The normalized spacial score (nSPS) is 17.8. The van der Waals surface area contributed by atoms with E-state index in [2.05, 4.69) is 32.2 Å². The summed E-state index contributed by atoms with van der Waals surface area (Å²) in [7, 11) is 4.48. The number of carbonyl (C=O) groups excluding carboxylic acids is 1. The summed E-state index contributed by atoms with van der Waals surface area (Å²) in [5, 5.41) is 6.19. The molecule has 12 heteroatoms. The molecule has 2 N–H and O–H groups in total. The lowest BCUT2D eigenvalue weighted by Crippen LogP contribution is -2.46. The molecule has 3 aromatic rings. The topological polar surface area (TPSA) is 80.1 Å². The number of pyridine rings is 2. The molecule has 4 rings (SSSR count). The van der Waals surface area contributed by atoms with Gasteiger partial charge in [0.05, 0.1) is 50.1 Å². The number of nitrogens with zero attached hydrogens (tertiary/aromatic N) is 3. The average Bonchev–Trinajstić information content (AvgIpc) is 3.24. The molecule has 3 aromatic heterocycles. The highest BCUT2D eigenvalue weighted by Crippen LogP contribution is 2.30. The van der Waals surface area contributed by atoms with Crippen molar-refractivity contribution in [2.75, 3.05) is 51.5 Å². The Morgan fingerprint density at radius 3 is 2.72 bits per heavy atom. The number of methoxy groups -OCH3 is 2. The van der Waals surface area contributed by atoms with Crippen molar-refractivity contribution >= 4 is 22.9 Å². The number of aromatic nitrogens is 2. The fourth-order valence-corrected chi connectivity index (χ4v) is 4.50. The molecule has 1 fully saturated rings. The van der Waals surface area contributed by atoms with E-state index in [1.807, 2.05) is 11.9 Å². The number of esters is 1. The van der Waals surface area contributed by atoms with Crippen molar-refractivity contribution in [3.05, 3.63) is 53.5 Å². The molecule has 0 radical (unpaired) electrons. The van der Waals surface area contributed by atoms with Crippen LogP contribution in [0.15, 0.2) is 36.5 Å². The first-order valence-corrected chi connectivity index (χ1v) is 12.2. The van der Waals surface area contributed by atoms with E-state index in [1.54, 1.807) is 30.5 Å². The Morgan fingerprint density at radius 2 is 2.03 bits per heavy atom. The molecular formula is C27H29F4N5O3. The number of hydrogen-bond donors (Lipinski definition) is 2. The number of fused-ring (bicyclic) bond motifs is 1. The molecule has 0 amide bonds. The summed E-state index contributed by atoms with van der Waals surface area (Å²) in [6, 6.07) is 7.53. The monoisotopic (exact) mass is 547 g/mol. The number of likely N-dealkylation sites (tertiary alicyclic amines) is 1. The van der Waals surface area contributed by atoms with Crippen LogP contribution in [0.1, 0.15) is 28.2 Å². The van der Waals surface area contributed by atoms with Gasteiger partial charge in [-0.2, -0.15) is 13.2 Å². The molecule has 1 aliphatic heterocycles. The van der Waals surface area contributed by atoms with Crippen LogP contribution in [0.25, 0.3) is 5.52 Å². The van der Waals surface area contributed by atoms with Crippen LogP contribution in [0.3, 0.4) is 0 Å². The minimum absolute atomic E-state index is 0.00416. The number of piperidine rings is 1. The summed E-state index contributed by atoms with van der Waals surface area (Å²) in [6.07, 6.45) is -4.61. The van der Waals surface area contributed by atoms with Crippen LogP contribution in [-0.4, -0.2) is 79.5 Å². The highest BCUT2D eigenvalue weighted by atomic mass is 19.4. The molecule has 39 heavy (non-hydrogen) atoms. The second kappa shape index (κ2) is 11.8. The molecule has 0 aliphatic carbocycles. The van der Waals surface area contributed by atoms with Gasteiger partial charge in [-0.05, 0) is 43.8 Å². The molecule has 1 saturated heterocycles. The first-order chi connectivity index (χ1) is 18.6. The van der Waals surface area contributed by atoms with Gasteiger partial charge in [0, 0.05) is 30.5 Å². The quantitative estimate of drug-likeness (QED) is 0.261. The Balaban J connectivity index is 1.59. The summed E-state index contributed by atoms with van der Waals surface area (Å²) in [5.41, 5.74) is 1.76. The van der Waals surface area contributed by atoms with Gasteiger partial charge >= 0.3 is 12.1 Å².